The zero-order valence-electron chi connectivity index (χ0n) is 16.3. The number of morpholine rings is 1. The highest BCUT2D eigenvalue weighted by atomic mass is 16.5. The summed E-state index contributed by atoms with van der Waals surface area (Å²) < 4.78 is 5.46. The van der Waals surface area contributed by atoms with Gasteiger partial charge in [-0.15, -0.1) is 0 Å². The van der Waals surface area contributed by atoms with Crippen molar-refractivity contribution in [3.63, 3.8) is 0 Å². The molecule has 0 bridgehead atoms. The first kappa shape index (κ1) is 18.7. The highest BCUT2D eigenvalue weighted by molar-refractivity contribution is 5.33. The van der Waals surface area contributed by atoms with Crippen molar-refractivity contribution in [2.24, 2.45) is 5.92 Å². The number of likely N-dealkylation sites (tertiary alicyclic amines) is 1. The van der Waals surface area contributed by atoms with E-state index in [0.717, 1.165) is 32.2 Å². The summed E-state index contributed by atoms with van der Waals surface area (Å²) in [6.45, 7) is 8.84. The van der Waals surface area contributed by atoms with Crippen LogP contribution >= 0.6 is 0 Å². The Kier molecular flexibility index (Phi) is 6.57. The molecule has 0 aromatic heterocycles. The van der Waals surface area contributed by atoms with Crippen LogP contribution in [0, 0.1) is 5.92 Å². The van der Waals surface area contributed by atoms with Gasteiger partial charge in [-0.05, 0) is 43.0 Å². The molecule has 0 saturated carbocycles. The quantitative estimate of drug-likeness (QED) is 0.774. The fraction of sp³-hybridized carbons (Fsp3) is 0.500. The first-order valence-corrected chi connectivity index (χ1v) is 10.5. The van der Waals surface area contributed by atoms with Crippen molar-refractivity contribution in [3.8, 4) is 0 Å². The second kappa shape index (κ2) is 9.50. The molecule has 0 N–H and O–H groups in total. The predicted molar refractivity (Wildman–Crippen MR) is 111 cm³/mol. The Morgan fingerprint density at radius 1 is 0.704 bits per heavy atom. The number of nitrogens with zero attached hydrogens (tertiary/aromatic N) is 2. The fourth-order valence-corrected chi connectivity index (χ4v) is 4.68. The summed E-state index contributed by atoms with van der Waals surface area (Å²) in [6, 6.07) is 22.2. The van der Waals surface area contributed by atoms with Crippen LogP contribution in [0.4, 0.5) is 0 Å². The van der Waals surface area contributed by atoms with Crippen molar-refractivity contribution < 1.29 is 4.74 Å². The molecule has 2 saturated heterocycles. The van der Waals surface area contributed by atoms with Crippen LogP contribution in [0.2, 0.25) is 0 Å². The van der Waals surface area contributed by atoms with Gasteiger partial charge in [-0.2, -0.15) is 0 Å². The number of rotatable bonds is 6. The highest BCUT2D eigenvalue weighted by Gasteiger charge is 2.28. The normalized spacial score (nSPS) is 20.2. The van der Waals surface area contributed by atoms with E-state index in [1.54, 1.807) is 0 Å². The van der Waals surface area contributed by atoms with E-state index in [4.69, 9.17) is 4.74 Å². The van der Waals surface area contributed by atoms with Crippen LogP contribution < -0.4 is 0 Å². The first-order chi connectivity index (χ1) is 13.4. The lowest BCUT2D eigenvalue weighted by Crippen LogP contribution is -2.44. The molecule has 2 fully saturated rings. The fourth-order valence-electron chi connectivity index (χ4n) is 4.68. The second-order valence-corrected chi connectivity index (χ2v) is 7.93. The maximum Gasteiger partial charge on any atom is 0.0594 e. The molecular formula is C24H32N2O. The van der Waals surface area contributed by atoms with Gasteiger partial charge in [0.05, 0.1) is 13.2 Å². The molecule has 2 aliphatic rings. The van der Waals surface area contributed by atoms with E-state index in [2.05, 4.69) is 70.5 Å². The lowest BCUT2D eigenvalue weighted by atomic mass is 9.76. The van der Waals surface area contributed by atoms with Crippen molar-refractivity contribution in [2.75, 3.05) is 52.5 Å². The lowest BCUT2D eigenvalue weighted by molar-refractivity contribution is 0.0312. The summed E-state index contributed by atoms with van der Waals surface area (Å²) in [7, 11) is 0. The SMILES string of the molecule is c1ccc(C(c2ccccc2)C2CCN(CCN3CCOCC3)CC2)cc1. The summed E-state index contributed by atoms with van der Waals surface area (Å²) in [4.78, 5) is 5.21. The van der Waals surface area contributed by atoms with Crippen LogP contribution in [-0.2, 0) is 4.74 Å². The molecule has 2 aliphatic heterocycles. The van der Waals surface area contributed by atoms with E-state index in [0.29, 0.717) is 5.92 Å². The van der Waals surface area contributed by atoms with Gasteiger partial charge >= 0.3 is 0 Å². The molecule has 3 nitrogen and oxygen atoms in total. The van der Waals surface area contributed by atoms with Gasteiger partial charge in [-0.3, -0.25) is 4.90 Å². The zero-order chi connectivity index (χ0) is 18.3. The highest BCUT2D eigenvalue weighted by Crippen LogP contribution is 2.37. The van der Waals surface area contributed by atoms with E-state index < -0.39 is 0 Å². The Morgan fingerprint density at radius 2 is 1.19 bits per heavy atom. The van der Waals surface area contributed by atoms with Gasteiger partial charge in [0, 0.05) is 32.1 Å². The molecule has 3 heteroatoms. The number of benzene rings is 2. The maximum absolute atomic E-state index is 5.46. The van der Waals surface area contributed by atoms with E-state index in [9.17, 15) is 0 Å². The molecule has 27 heavy (non-hydrogen) atoms. The standard InChI is InChI=1S/C24H32N2O/c1-3-7-21(8-4-1)24(22-9-5-2-6-10-22)23-11-13-25(14-12-23)15-16-26-17-19-27-20-18-26/h1-10,23-24H,11-20H2. The molecule has 0 atom stereocenters. The summed E-state index contributed by atoms with van der Waals surface area (Å²) in [5.74, 6) is 1.25. The summed E-state index contributed by atoms with van der Waals surface area (Å²) in [5, 5.41) is 0. The van der Waals surface area contributed by atoms with Gasteiger partial charge in [0.25, 0.3) is 0 Å². The van der Waals surface area contributed by atoms with Crippen LogP contribution in [0.3, 0.4) is 0 Å². The third-order valence-corrected chi connectivity index (χ3v) is 6.26. The van der Waals surface area contributed by atoms with Gasteiger partial charge in [0.2, 0.25) is 0 Å². The zero-order valence-corrected chi connectivity index (χ0v) is 16.3. The summed E-state index contributed by atoms with van der Waals surface area (Å²) in [6.07, 6.45) is 2.58. The minimum Gasteiger partial charge on any atom is -0.379 e. The molecule has 0 aliphatic carbocycles. The molecule has 144 valence electrons. The lowest BCUT2D eigenvalue weighted by Gasteiger charge is -2.37. The summed E-state index contributed by atoms with van der Waals surface area (Å²) >= 11 is 0. The first-order valence-electron chi connectivity index (χ1n) is 10.5. The van der Waals surface area contributed by atoms with Crippen molar-refractivity contribution >= 4 is 0 Å². The number of ether oxygens (including phenoxy) is 1. The Hall–Kier alpha value is -1.68. The number of hydrogen-bond donors (Lipinski definition) is 0. The minimum atomic E-state index is 0.522. The van der Waals surface area contributed by atoms with Gasteiger partial charge < -0.3 is 9.64 Å². The largest absolute Gasteiger partial charge is 0.379 e. The number of hydrogen-bond acceptors (Lipinski definition) is 3. The van der Waals surface area contributed by atoms with Gasteiger partial charge in [0.15, 0.2) is 0 Å². The molecular weight excluding hydrogens is 332 g/mol. The average molecular weight is 365 g/mol. The smallest absolute Gasteiger partial charge is 0.0594 e. The monoisotopic (exact) mass is 364 g/mol. The molecule has 2 heterocycles. The van der Waals surface area contributed by atoms with Crippen LogP contribution in [0.5, 0.6) is 0 Å². The molecule has 2 aromatic rings. The Labute approximate surface area is 163 Å². The molecule has 4 rings (SSSR count). The molecule has 0 spiro atoms. The van der Waals surface area contributed by atoms with Crippen LogP contribution in [0.1, 0.15) is 29.9 Å². The van der Waals surface area contributed by atoms with Crippen LogP contribution in [0.25, 0.3) is 0 Å². The third-order valence-electron chi connectivity index (χ3n) is 6.26. The van der Waals surface area contributed by atoms with E-state index in [1.807, 2.05) is 0 Å². The molecule has 2 aromatic carbocycles. The van der Waals surface area contributed by atoms with Crippen LogP contribution in [0.15, 0.2) is 60.7 Å². The van der Waals surface area contributed by atoms with Gasteiger partial charge in [0.1, 0.15) is 0 Å². The van der Waals surface area contributed by atoms with E-state index >= 15 is 0 Å². The van der Waals surface area contributed by atoms with Crippen LogP contribution in [-0.4, -0.2) is 62.3 Å². The Morgan fingerprint density at radius 3 is 1.70 bits per heavy atom. The Bertz CT molecular complexity index is 622. The topological polar surface area (TPSA) is 15.7 Å². The van der Waals surface area contributed by atoms with Gasteiger partial charge in [-0.25, -0.2) is 0 Å². The van der Waals surface area contributed by atoms with Crippen molar-refractivity contribution in [2.45, 2.75) is 18.8 Å². The Balaban J connectivity index is 1.37. The van der Waals surface area contributed by atoms with Crippen molar-refractivity contribution in [1.82, 2.24) is 9.80 Å². The second-order valence-electron chi connectivity index (χ2n) is 7.93. The van der Waals surface area contributed by atoms with E-state index in [-0.39, 0.29) is 0 Å². The molecule has 0 unspecified atom stereocenters. The molecule has 0 radical (unpaired) electrons. The molecule has 0 amide bonds. The summed E-state index contributed by atoms with van der Waals surface area (Å²) in [5.41, 5.74) is 2.94. The minimum absolute atomic E-state index is 0.522. The maximum atomic E-state index is 5.46. The van der Waals surface area contributed by atoms with E-state index in [1.165, 1.54) is 50.1 Å². The van der Waals surface area contributed by atoms with Crippen molar-refractivity contribution in [3.05, 3.63) is 71.8 Å². The van der Waals surface area contributed by atoms with Gasteiger partial charge in [-0.1, -0.05) is 60.7 Å². The third kappa shape index (κ3) is 4.98. The average Bonchev–Trinajstić information content (AvgIpc) is 2.76. The van der Waals surface area contributed by atoms with Crippen molar-refractivity contribution in [1.29, 1.82) is 0 Å². The number of piperidine rings is 1. The predicted octanol–water partition coefficient (Wildman–Crippen LogP) is 3.86.